The Morgan fingerprint density at radius 1 is 1.35 bits per heavy atom. The Balaban J connectivity index is 2.79. The van der Waals surface area contributed by atoms with Crippen LogP contribution in [0.3, 0.4) is 0 Å². The van der Waals surface area contributed by atoms with Crippen molar-refractivity contribution >= 4 is 17.6 Å². The van der Waals surface area contributed by atoms with E-state index in [1.54, 1.807) is 0 Å². The van der Waals surface area contributed by atoms with E-state index in [4.69, 9.17) is 0 Å². The van der Waals surface area contributed by atoms with E-state index in [1.807, 2.05) is 0 Å². The minimum atomic E-state index is -4.13. The number of methoxy groups -OCH3 is 1. The van der Waals surface area contributed by atoms with E-state index in [-0.39, 0.29) is 11.3 Å². The molecule has 0 aliphatic rings. The van der Waals surface area contributed by atoms with Crippen LogP contribution < -0.4 is 4.74 Å². The highest BCUT2D eigenvalue weighted by Gasteiger charge is 2.42. The second-order valence-corrected chi connectivity index (χ2v) is 3.36. The van der Waals surface area contributed by atoms with Gasteiger partial charge in [-0.3, -0.25) is 0 Å². The number of ether oxygens (including phenoxy) is 2. The summed E-state index contributed by atoms with van der Waals surface area (Å²) in [5, 5.41) is 0. The average Bonchev–Trinajstić information content (AvgIpc) is 2.28. The normalized spacial score (nSPS) is 13.0. The Hall–Kier alpha value is -1.43. The third-order valence-electron chi connectivity index (χ3n) is 1.78. The molecule has 1 aromatic carbocycles. The predicted octanol–water partition coefficient (Wildman–Crippen LogP) is 2.98. The number of hydrogen-bond donors (Lipinski definition) is 0. The summed E-state index contributed by atoms with van der Waals surface area (Å²) in [7, 11) is 1.18. The van der Waals surface area contributed by atoms with Crippen LogP contribution in [0.2, 0.25) is 0 Å². The van der Waals surface area contributed by atoms with Gasteiger partial charge in [-0.1, -0.05) is 11.6 Å². The Morgan fingerprint density at radius 2 is 1.88 bits per heavy atom. The Kier molecular flexibility index (Phi) is 4.22. The fraction of sp³-hybridized carbons (Fsp3) is 0.300. The van der Waals surface area contributed by atoms with Crippen LogP contribution in [0, 0.1) is 0 Å². The van der Waals surface area contributed by atoms with Crippen molar-refractivity contribution in [2.45, 2.75) is 11.7 Å². The molecule has 0 aromatic heterocycles. The highest BCUT2D eigenvalue weighted by Crippen LogP contribution is 2.28. The van der Waals surface area contributed by atoms with E-state index in [1.165, 1.54) is 19.2 Å². The quantitative estimate of drug-likeness (QED) is 0.622. The molecule has 0 aliphatic heterocycles. The van der Waals surface area contributed by atoms with Crippen molar-refractivity contribution in [3.05, 3.63) is 29.8 Å². The number of benzene rings is 1. The van der Waals surface area contributed by atoms with Gasteiger partial charge in [0.15, 0.2) is 0 Å². The summed E-state index contributed by atoms with van der Waals surface area (Å²) in [6, 6.07) is 4.58. The molecule has 0 bridgehead atoms. The molecule has 94 valence electrons. The lowest BCUT2D eigenvalue weighted by Gasteiger charge is -2.17. The molecule has 0 fully saturated rings. The zero-order chi connectivity index (χ0) is 13.1. The van der Waals surface area contributed by atoms with E-state index in [9.17, 15) is 18.0 Å². The van der Waals surface area contributed by atoms with Crippen LogP contribution >= 0.6 is 11.6 Å². The molecule has 1 rings (SSSR count). The van der Waals surface area contributed by atoms with Crippen molar-refractivity contribution in [2.75, 3.05) is 7.11 Å². The SMILES string of the molecule is COC(=O)c1ccc(OC(F)(F)C(F)Cl)cc1. The topological polar surface area (TPSA) is 35.5 Å². The number of alkyl halides is 4. The number of rotatable bonds is 4. The smallest absolute Gasteiger partial charge is 0.444 e. The first-order valence-electron chi connectivity index (χ1n) is 4.40. The van der Waals surface area contributed by atoms with Gasteiger partial charge in [-0.05, 0) is 24.3 Å². The third-order valence-corrected chi connectivity index (χ3v) is 2.04. The van der Waals surface area contributed by atoms with Crippen LogP contribution in [-0.4, -0.2) is 24.8 Å². The molecule has 0 heterocycles. The van der Waals surface area contributed by atoms with Gasteiger partial charge in [-0.15, -0.1) is 0 Å². The molecule has 0 saturated heterocycles. The minimum Gasteiger partial charge on any atom is -0.465 e. The summed E-state index contributed by atoms with van der Waals surface area (Å²) < 4.78 is 46.2. The molecule has 0 radical (unpaired) electrons. The molecule has 0 saturated carbocycles. The number of hydrogen-bond acceptors (Lipinski definition) is 3. The molecule has 0 aliphatic carbocycles. The van der Waals surface area contributed by atoms with Crippen LogP contribution in [0.25, 0.3) is 0 Å². The summed E-state index contributed by atoms with van der Waals surface area (Å²) >= 11 is 4.61. The molecular weight excluding hydrogens is 261 g/mol. The van der Waals surface area contributed by atoms with Gasteiger partial charge in [0.25, 0.3) is 5.63 Å². The highest BCUT2D eigenvalue weighted by molar-refractivity contribution is 6.20. The van der Waals surface area contributed by atoms with Gasteiger partial charge in [-0.25, -0.2) is 9.18 Å². The fourth-order valence-corrected chi connectivity index (χ4v) is 1.02. The summed E-state index contributed by atoms with van der Waals surface area (Å²) in [5.74, 6) is -0.935. The van der Waals surface area contributed by atoms with E-state index in [2.05, 4.69) is 21.1 Å². The van der Waals surface area contributed by atoms with Crippen molar-refractivity contribution in [1.82, 2.24) is 0 Å². The first-order chi connectivity index (χ1) is 7.86. The second-order valence-electron chi connectivity index (χ2n) is 2.98. The van der Waals surface area contributed by atoms with Crippen LogP contribution in [-0.2, 0) is 4.74 Å². The van der Waals surface area contributed by atoms with Gasteiger partial charge in [-0.2, -0.15) is 8.78 Å². The predicted molar refractivity (Wildman–Crippen MR) is 54.1 cm³/mol. The van der Waals surface area contributed by atoms with E-state index in [0.717, 1.165) is 12.1 Å². The van der Waals surface area contributed by atoms with Crippen molar-refractivity contribution in [3.63, 3.8) is 0 Å². The Labute approximate surface area is 100 Å². The molecule has 3 nitrogen and oxygen atoms in total. The number of carbonyl (C=O) groups excluding carboxylic acids is 1. The zero-order valence-electron chi connectivity index (χ0n) is 8.62. The minimum absolute atomic E-state index is 0.158. The molecule has 0 amide bonds. The lowest BCUT2D eigenvalue weighted by molar-refractivity contribution is -0.199. The first-order valence-corrected chi connectivity index (χ1v) is 4.84. The van der Waals surface area contributed by atoms with Crippen molar-refractivity contribution in [1.29, 1.82) is 0 Å². The third kappa shape index (κ3) is 3.52. The Bertz CT molecular complexity index is 392. The number of carbonyl (C=O) groups is 1. The van der Waals surface area contributed by atoms with Crippen molar-refractivity contribution in [2.24, 2.45) is 0 Å². The van der Waals surface area contributed by atoms with Crippen molar-refractivity contribution < 1.29 is 27.4 Å². The maximum absolute atomic E-state index is 12.7. The van der Waals surface area contributed by atoms with Crippen LogP contribution in [0.1, 0.15) is 10.4 Å². The summed E-state index contributed by atoms with van der Waals surface area (Å²) in [4.78, 5) is 11.0. The summed E-state index contributed by atoms with van der Waals surface area (Å²) in [6.45, 7) is 0. The lowest BCUT2D eigenvalue weighted by atomic mass is 10.2. The van der Waals surface area contributed by atoms with Gasteiger partial charge in [0.05, 0.1) is 12.7 Å². The largest absolute Gasteiger partial charge is 0.465 e. The monoisotopic (exact) mass is 268 g/mol. The molecular formula is C10H8ClF3O3. The average molecular weight is 269 g/mol. The molecule has 1 atom stereocenters. The van der Waals surface area contributed by atoms with Gasteiger partial charge >= 0.3 is 12.1 Å². The maximum Gasteiger partial charge on any atom is 0.444 e. The van der Waals surface area contributed by atoms with Gasteiger partial charge in [0.2, 0.25) is 0 Å². The zero-order valence-corrected chi connectivity index (χ0v) is 9.38. The molecule has 7 heteroatoms. The van der Waals surface area contributed by atoms with E-state index < -0.39 is 17.7 Å². The molecule has 17 heavy (non-hydrogen) atoms. The van der Waals surface area contributed by atoms with Gasteiger partial charge < -0.3 is 9.47 Å². The number of esters is 1. The summed E-state index contributed by atoms with van der Waals surface area (Å²) in [5.41, 5.74) is -2.80. The highest BCUT2D eigenvalue weighted by atomic mass is 35.5. The Morgan fingerprint density at radius 3 is 2.29 bits per heavy atom. The van der Waals surface area contributed by atoms with E-state index in [0.29, 0.717) is 0 Å². The molecule has 0 N–H and O–H groups in total. The molecule has 0 spiro atoms. The number of halogens is 4. The standard InChI is InChI=1S/C10H8ClF3O3/c1-16-8(15)6-2-4-7(5-3-6)17-10(13,14)9(11)12/h2-5,9H,1H3. The van der Waals surface area contributed by atoms with Crippen LogP contribution in [0.15, 0.2) is 24.3 Å². The second kappa shape index (κ2) is 5.27. The van der Waals surface area contributed by atoms with Crippen LogP contribution in [0.5, 0.6) is 5.75 Å². The first kappa shape index (κ1) is 13.6. The van der Waals surface area contributed by atoms with Gasteiger partial charge in [0, 0.05) is 0 Å². The lowest BCUT2D eigenvalue weighted by Crippen LogP contribution is -2.32. The molecule has 1 unspecified atom stereocenters. The van der Waals surface area contributed by atoms with Crippen LogP contribution in [0.4, 0.5) is 13.2 Å². The van der Waals surface area contributed by atoms with Crippen molar-refractivity contribution in [3.8, 4) is 5.75 Å². The summed E-state index contributed by atoms with van der Waals surface area (Å²) in [6.07, 6.45) is -4.13. The van der Waals surface area contributed by atoms with E-state index >= 15 is 0 Å². The maximum atomic E-state index is 12.7. The molecule has 1 aromatic rings. The van der Waals surface area contributed by atoms with Gasteiger partial charge in [0.1, 0.15) is 5.75 Å². The fourth-order valence-electron chi connectivity index (χ4n) is 0.979.